The zero-order chi connectivity index (χ0) is 11.4. The van der Waals surface area contributed by atoms with Gasteiger partial charge in [-0.05, 0) is 5.56 Å². The summed E-state index contributed by atoms with van der Waals surface area (Å²) >= 11 is 0. The molecule has 1 amide bonds. The van der Waals surface area contributed by atoms with Crippen LogP contribution in [0.5, 0.6) is 0 Å². The molecule has 16 heavy (non-hydrogen) atoms. The van der Waals surface area contributed by atoms with Gasteiger partial charge in [-0.3, -0.25) is 9.69 Å². The smallest absolute Gasteiger partial charge is 0.234 e. The van der Waals surface area contributed by atoms with Crippen LogP contribution in [0, 0.1) is 0 Å². The van der Waals surface area contributed by atoms with Gasteiger partial charge in [0.25, 0.3) is 0 Å². The second-order valence-electron chi connectivity index (χ2n) is 4.22. The lowest BCUT2D eigenvalue weighted by Crippen LogP contribution is -2.57. The molecule has 1 aliphatic heterocycles. The number of nitrogens with one attached hydrogen (secondary N) is 1. The molecular weight excluding hydrogens is 202 g/mol. The highest BCUT2D eigenvalue weighted by Crippen LogP contribution is 2.03. The Balaban J connectivity index is 1.68. The van der Waals surface area contributed by atoms with Crippen molar-refractivity contribution in [1.82, 2.24) is 10.2 Å². The Morgan fingerprint density at radius 3 is 2.69 bits per heavy atom. The number of rotatable bonds is 4. The van der Waals surface area contributed by atoms with Gasteiger partial charge in [-0.15, -0.1) is 0 Å². The molecule has 86 valence electrons. The van der Waals surface area contributed by atoms with Gasteiger partial charge in [-0.1, -0.05) is 30.3 Å². The highest BCUT2D eigenvalue weighted by atomic mass is 16.2. The minimum atomic E-state index is 0.0655. The predicted octanol–water partition coefficient (Wildman–Crippen LogP) is -0.0543. The third-order valence-corrected chi connectivity index (χ3v) is 2.69. The third-order valence-electron chi connectivity index (χ3n) is 2.69. The summed E-state index contributed by atoms with van der Waals surface area (Å²) in [4.78, 5) is 13.6. The highest BCUT2D eigenvalue weighted by Gasteiger charge is 2.24. The third kappa shape index (κ3) is 3.05. The summed E-state index contributed by atoms with van der Waals surface area (Å²) in [6, 6.07) is 10.2. The van der Waals surface area contributed by atoms with Crippen molar-refractivity contribution in [3.05, 3.63) is 35.9 Å². The second-order valence-corrected chi connectivity index (χ2v) is 4.22. The zero-order valence-electron chi connectivity index (χ0n) is 9.23. The lowest BCUT2D eigenvalue weighted by Gasteiger charge is -2.36. The highest BCUT2D eigenvalue weighted by molar-refractivity contribution is 5.78. The first kappa shape index (κ1) is 11.1. The van der Waals surface area contributed by atoms with Crippen molar-refractivity contribution in [2.75, 3.05) is 19.6 Å². The maximum atomic E-state index is 11.5. The molecule has 0 aromatic heterocycles. The molecule has 1 fully saturated rings. The molecule has 1 aromatic rings. The van der Waals surface area contributed by atoms with Crippen LogP contribution in [-0.2, 0) is 11.3 Å². The molecule has 4 heteroatoms. The van der Waals surface area contributed by atoms with Gasteiger partial charge >= 0.3 is 0 Å². The summed E-state index contributed by atoms with van der Waals surface area (Å²) in [7, 11) is 0. The van der Waals surface area contributed by atoms with E-state index in [9.17, 15) is 4.79 Å². The molecule has 3 N–H and O–H groups in total. The van der Waals surface area contributed by atoms with E-state index in [-0.39, 0.29) is 11.9 Å². The molecule has 0 saturated carbocycles. The summed E-state index contributed by atoms with van der Waals surface area (Å²) in [5.41, 5.74) is 6.76. The summed E-state index contributed by atoms with van der Waals surface area (Å²) in [5, 5.41) is 2.89. The van der Waals surface area contributed by atoms with Gasteiger partial charge in [0, 0.05) is 25.7 Å². The minimum absolute atomic E-state index is 0.0655. The van der Waals surface area contributed by atoms with Crippen LogP contribution < -0.4 is 11.1 Å². The molecule has 1 aromatic carbocycles. The fourth-order valence-corrected chi connectivity index (χ4v) is 1.79. The van der Waals surface area contributed by atoms with Crippen molar-refractivity contribution >= 4 is 5.91 Å². The van der Waals surface area contributed by atoms with Crippen molar-refractivity contribution in [2.24, 2.45) is 5.73 Å². The van der Waals surface area contributed by atoms with Gasteiger partial charge in [-0.2, -0.15) is 0 Å². The fourth-order valence-electron chi connectivity index (χ4n) is 1.79. The summed E-state index contributed by atoms with van der Waals surface area (Å²) in [5.74, 6) is 0.0655. The first-order chi connectivity index (χ1) is 7.74. The van der Waals surface area contributed by atoms with Crippen LogP contribution in [0.25, 0.3) is 0 Å². The first-order valence-electron chi connectivity index (χ1n) is 5.52. The predicted molar refractivity (Wildman–Crippen MR) is 62.7 cm³/mol. The van der Waals surface area contributed by atoms with Gasteiger partial charge in [-0.25, -0.2) is 0 Å². The number of hydrogen-bond acceptors (Lipinski definition) is 3. The molecule has 0 aliphatic carbocycles. The second kappa shape index (κ2) is 5.09. The van der Waals surface area contributed by atoms with Gasteiger partial charge in [0.05, 0.1) is 6.54 Å². The van der Waals surface area contributed by atoms with Crippen molar-refractivity contribution in [2.45, 2.75) is 12.6 Å². The largest absolute Gasteiger partial charge is 0.351 e. The molecule has 1 heterocycles. The van der Waals surface area contributed by atoms with Crippen molar-refractivity contribution in [3.63, 3.8) is 0 Å². The first-order valence-corrected chi connectivity index (χ1v) is 5.52. The number of carbonyl (C=O) groups is 1. The standard InChI is InChI=1S/C12H17N3O/c13-11-7-15(8-11)9-12(16)14-6-10-4-2-1-3-5-10/h1-5,11H,6-9,13H2,(H,14,16). The minimum Gasteiger partial charge on any atom is -0.351 e. The molecular formula is C12H17N3O. The van der Waals surface area contributed by atoms with E-state index < -0.39 is 0 Å². The number of likely N-dealkylation sites (tertiary alicyclic amines) is 1. The van der Waals surface area contributed by atoms with Crippen molar-refractivity contribution in [1.29, 1.82) is 0 Å². The molecule has 0 bridgehead atoms. The zero-order valence-corrected chi connectivity index (χ0v) is 9.23. The van der Waals surface area contributed by atoms with Gasteiger partial charge < -0.3 is 11.1 Å². The summed E-state index contributed by atoms with van der Waals surface area (Å²) in [6.45, 7) is 2.72. The van der Waals surface area contributed by atoms with Gasteiger partial charge in [0.2, 0.25) is 5.91 Å². The number of amides is 1. The molecule has 0 unspecified atom stereocenters. The summed E-state index contributed by atoms with van der Waals surface area (Å²) < 4.78 is 0. The Labute approximate surface area is 95.4 Å². The average Bonchev–Trinajstić information content (AvgIpc) is 2.26. The molecule has 1 saturated heterocycles. The molecule has 2 rings (SSSR count). The van der Waals surface area contributed by atoms with E-state index in [0.29, 0.717) is 13.1 Å². The monoisotopic (exact) mass is 219 g/mol. The van der Waals surface area contributed by atoms with E-state index in [4.69, 9.17) is 5.73 Å². The van der Waals surface area contributed by atoms with Crippen LogP contribution in [0.2, 0.25) is 0 Å². The van der Waals surface area contributed by atoms with Crippen LogP contribution in [-0.4, -0.2) is 36.5 Å². The SMILES string of the molecule is NC1CN(CC(=O)NCc2ccccc2)C1. The Morgan fingerprint density at radius 1 is 1.38 bits per heavy atom. The number of nitrogens with zero attached hydrogens (tertiary/aromatic N) is 1. The summed E-state index contributed by atoms with van der Waals surface area (Å²) in [6.07, 6.45) is 0. The van der Waals surface area contributed by atoms with E-state index in [0.717, 1.165) is 18.7 Å². The lowest BCUT2D eigenvalue weighted by atomic mass is 10.1. The number of carbonyl (C=O) groups excluding carboxylic acids is 1. The molecule has 1 aliphatic rings. The lowest BCUT2D eigenvalue weighted by molar-refractivity contribution is -0.123. The van der Waals surface area contributed by atoms with Crippen molar-refractivity contribution < 1.29 is 4.79 Å². The normalized spacial score (nSPS) is 16.8. The average molecular weight is 219 g/mol. The molecule has 0 atom stereocenters. The number of nitrogens with two attached hydrogens (primary N) is 1. The van der Waals surface area contributed by atoms with E-state index in [1.54, 1.807) is 0 Å². The van der Waals surface area contributed by atoms with E-state index >= 15 is 0 Å². The van der Waals surface area contributed by atoms with Crippen LogP contribution in [0.1, 0.15) is 5.56 Å². The van der Waals surface area contributed by atoms with E-state index in [1.165, 1.54) is 0 Å². The van der Waals surface area contributed by atoms with Gasteiger partial charge in [0.1, 0.15) is 0 Å². The number of hydrogen-bond donors (Lipinski definition) is 2. The molecule has 4 nitrogen and oxygen atoms in total. The maximum absolute atomic E-state index is 11.5. The van der Waals surface area contributed by atoms with Crippen LogP contribution in [0.3, 0.4) is 0 Å². The Hall–Kier alpha value is -1.39. The van der Waals surface area contributed by atoms with Crippen molar-refractivity contribution in [3.8, 4) is 0 Å². The van der Waals surface area contributed by atoms with E-state index in [2.05, 4.69) is 5.32 Å². The van der Waals surface area contributed by atoms with Gasteiger partial charge in [0.15, 0.2) is 0 Å². The quantitative estimate of drug-likeness (QED) is 0.746. The molecule has 0 radical (unpaired) electrons. The van der Waals surface area contributed by atoms with Crippen LogP contribution >= 0.6 is 0 Å². The maximum Gasteiger partial charge on any atom is 0.234 e. The Kier molecular flexibility index (Phi) is 3.54. The number of benzene rings is 1. The Bertz CT molecular complexity index is 347. The van der Waals surface area contributed by atoms with Crippen LogP contribution in [0.4, 0.5) is 0 Å². The van der Waals surface area contributed by atoms with E-state index in [1.807, 2.05) is 35.2 Å². The topological polar surface area (TPSA) is 58.4 Å². The van der Waals surface area contributed by atoms with Crippen LogP contribution in [0.15, 0.2) is 30.3 Å². The molecule has 0 spiro atoms. The Morgan fingerprint density at radius 2 is 2.06 bits per heavy atom. The fraction of sp³-hybridized carbons (Fsp3) is 0.417.